The van der Waals surface area contributed by atoms with E-state index in [1.807, 2.05) is 36.4 Å². The van der Waals surface area contributed by atoms with E-state index in [2.05, 4.69) is 73.4 Å². The van der Waals surface area contributed by atoms with Gasteiger partial charge in [0.1, 0.15) is 5.75 Å². The number of ether oxygens (including phenoxy) is 1. The minimum atomic E-state index is -2.21. The highest BCUT2D eigenvalue weighted by atomic mass is 28.4. The van der Waals surface area contributed by atoms with E-state index in [-0.39, 0.29) is 17.2 Å². The first kappa shape index (κ1) is 36.3. The molecule has 1 aliphatic rings. The predicted octanol–water partition coefficient (Wildman–Crippen LogP) is 9.93. The van der Waals surface area contributed by atoms with E-state index in [1.165, 1.54) is 5.57 Å². The minimum absolute atomic E-state index is 0.0576. The van der Waals surface area contributed by atoms with Gasteiger partial charge in [-0.3, -0.25) is 0 Å². The molecule has 0 amide bonds. The van der Waals surface area contributed by atoms with Gasteiger partial charge in [0, 0.05) is 5.92 Å². The summed E-state index contributed by atoms with van der Waals surface area (Å²) in [7, 11) is -3.94. The van der Waals surface area contributed by atoms with Gasteiger partial charge in [0.05, 0.1) is 12.2 Å². The van der Waals surface area contributed by atoms with Crippen LogP contribution in [-0.4, -0.2) is 46.0 Å². The molecule has 1 aliphatic carbocycles. The van der Waals surface area contributed by atoms with Gasteiger partial charge in [0.25, 0.3) is 0 Å². The Labute approximate surface area is 258 Å². The predicted molar refractivity (Wildman–Crippen MR) is 180 cm³/mol. The molecule has 2 unspecified atom stereocenters. The summed E-state index contributed by atoms with van der Waals surface area (Å²) in [6.07, 6.45) is 11.4. The van der Waals surface area contributed by atoms with Gasteiger partial charge in [-0.2, -0.15) is 0 Å². The lowest BCUT2D eigenvalue weighted by atomic mass is 9.90. The van der Waals surface area contributed by atoms with Crippen molar-refractivity contribution in [1.82, 2.24) is 0 Å². The first-order valence-electron chi connectivity index (χ1n) is 16.2. The summed E-state index contributed by atoms with van der Waals surface area (Å²) in [5.41, 5.74) is 4.67. The van der Waals surface area contributed by atoms with Crippen molar-refractivity contribution in [3.63, 3.8) is 0 Å². The Bertz CT molecular complexity index is 1040. The molecule has 0 radical (unpaired) electrons. The Balaban J connectivity index is 2.07. The van der Waals surface area contributed by atoms with Crippen molar-refractivity contribution >= 4 is 22.6 Å². The number of benzene rings is 1. The Hall–Kier alpha value is -1.90. The van der Waals surface area contributed by atoms with Crippen LogP contribution in [0.5, 0.6) is 5.75 Å². The molecule has 0 fully saturated rings. The molecular weight excluding hydrogens is 557 g/mol. The molecule has 0 heterocycles. The Morgan fingerprint density at radius 2 is 1.76 bits per heavy atom. The van der Waals surface area contributed by atoms with Gasteiger partial charge in [-0.25, -0.2) is 4.79 Å². The largest absolute Gasteiger partial charge is 0.491 e. The lowest BCUT2D eigenvalue weighted by Crippen LogP contribution is -2.45. The van der Waals surface area contributed by atoms with Crippen molar-refractivity contribution in [2.24, 2.45) is 5.92 Å². The molecule has 0 aromatic heterocycles. The molecule has 1 aromatic rings. The highest BCUT2D eigenvalue weighted by Crippen LogP contribution is 2.39. The second kappa shape index (κ2) is 16.8. The molecule has 0 bridgehead atoms. The van der Waals surface area contributed by atoms with E-state index < -0.39 is 28.7 Å². The van der Waals surface area contributed by atoms with E-state index in [9.17, 15) is 9.90 Å². The van der Waals surface area contributed by atoms with E-state index in [1.54, 1.807) is 6.08 Å². The molecule has 7 heteroatoms. The SMILES string of the molecule is CC[Si](CC)(CC)O[C@H]1CC=C(CCCC(C)Oc2ccccc2)[C@H]1CCC=C=CC(O[Si](C)(C)C(C)(C)C)C(=O)O. The molecule has 4 atom stereocenters. The maximum absolute atomic E-state index is 11.9. The third-order valence-electron chi connectivity index (χ3n) is 9.49. The van der Waals surface area contributed by atoms with E-state index in [4.69, 9.17) is 13.6 Å². The van der Waals surface area contributed by atoms with Crippen LogP contribution in [0, 0.1) is 5.92 Å². The lowest BCUT2D eigenvalue weighted by molar-refractivity contribution is -0.143. The third kappa shape index (κ3) is 11.0. The summed E-state index contributed by atoms with van der Waals surface area (Å²) in [5, 5.41) is 9.71. The van der Waals surface area contributed by atoms with Crippen LogP contribution in [0.4, 0.5) is 0 Å². The number of carbonyl (C=O) groups is 1. The minimum Gasteiger partial charge on any atom is -0.491 e. The summed E-state index contributed by atoms with van der Waals surface area (Å²) < 4.78 is 19.3. The molecule has 42 heavy (non-hydrogen) atoms. The van der Waals surface area contributed by atoms with Gasteiger partial charge in [-0.05, 0) is 106 Å². The van der Waals surface area contributed by atoms with Crippen LogP contribution in [0.3, 0.4) is 0 Å². The molecule has 236 valence electrons. The highest BCUT2D eigenvalue weighted by Gasteiger charge is 2.40. The van der Waals surface area contributed by atoms with Crippen LogP contribution >= 0.6 is 0 Å². The monoisotopic (exact) mass is 614 g/mol. The van der Waals surface area contributed by atoms with Crippen molar-refractivity contribution in [3.8, 4) is 5.75 Å². The van der Waals surface area contributed by atoms with Crippen LogP contribution in [0.25, 0.3) is 0 Å². The summed E-state index contributed by atoms with van der Waals surface area (Å²) in [6, 6.07) is 13.5. The topological polar surface area (TPSA) is 65.0 Å². The first-order valence-corrected chi connectivity index (χ1v) is 21.6. The first-order chi connectivity index (χ1) is 19.8. The summed E-state index contributed by atoms with van der Waals surface area (Å²) in [6.45, 7) is 19.6. The second-order valence-electron chi connectivity index (χ2n) is 13.4. The average molecular weight is 615 g/mol. The third-order valence-corrected chi connectivity index (χ3v) is 18.6. The Morgan fingerprint density at radius 1 is 1.12 bits per heavy atom. The van der Waals surface area contributed by atoms with Crippen molar-refractivity contribution < 1.29 is 23.5 Å². The molecule has 0 spiro atoms. The molecular formula is C35H58O5Si2. The van der Waals surface area contributed by atoms with Gasteiger partial charge < -0.3 is 18.7 Å². The highest BCUT2D eigenvalue weighted by molar-refractivity contribution is 6.74. The van der Waals surface area contributed by atoms with Gasteiger partial charge in [-0.1, -0.05) is 71.4 Å². The van der Waals surface area contributed by atoms with Crippen LogP contribution < -0.4 is 4.74 Å². The molecule has 1 N–H and O–H groups in total. The quantitative estimate of drug-likeness (QED) is 0.101. The van der Waals surface area contributed by atoms with E-state index in [0.29, 0.717) is 5.92 Å². The smallest absolute Gasteiger partial charge is 0.336 e. The molecule has 2 rings (SSSR count). The van der Waals surface area contributed by atoms with Gasteiger partial charge >= 0.3 is 5.97 Å². The standard InChI is InChI=1S/C35H58O5Si2/c1-10-42(11-2,12-3)40-32-27-26-29(21-19-20-28(4)38-30-22-15-13-16-23-30)31(32)24-17-14-18-25-33(34(36)37)39-41(8,9)35(5,6)7/h13-16,22-23,25-26,28,31-33H,10-12,17,19-21,24,27H2,1-9H3,(H,36,37)/t18?,28?,31-,32+,33?/m1/s1. The summed E-state index contributed by atoms with van der Waals surface area (Å²) >= 11 is 0. The van der Waals surface area contributed by atoms with Crippen LogP contribution in [-0.2, 0) is 13.6 Å². The average Bonchev–Trinajstić information content (AvgIpc) is 3.31. The fourth-order valence-corrected chi connectivity index (χ4v) is 9.53. The van der Waals surface area contributed by atoms with E-state index in [0.717, 1.165) is 62.4 Å². The van der Waals surface area contributed by atoms with Gasteiger partial charge in [0.15, 0.2) is 22.7 Å². The van der Waals surface area contributed by atoms with Crippen LogP contribution in [0.15, 0.2) is 59.9 Å². The molecule has 0 saturated carbocycles. The summed E-state index contributed by atoms with van der Waals surface area (Å²) in [4.78, 5) is 11.9. The molecule has 0 saturated heterocycles. The second-order valence-corrected chi connectivity index (χ2v) is 22.9. The van der Waals surface area contributed by atoms with Crippen LogP contribution in [0.1, 0.15) is 87.0 Å². The fourth-order valence-electron chi connectivity index (χ4n) is 5.47. The zero-order chi connectivity index (χ0) is 31.4. The van der Waals surface area contributed by atoms with Crippen LogP contribution in [0.2, 0.25) is 36.3 Å². The number of para-hydroxylation sites is 1. The van der Waals surface area contributed by atoms with Crippen molar-refractivity contribution in [1.29, 1.82) is 0 Å². The van der Waals surface area contributed by atoms with Gasteiger partial charge in [-0.15, -0.1) is 5.73 Å². The van der Waals surface area contributed by atoms with Crippen molar-refractivity contribution in [3.05, 3.63) is 59.9 Å². The lowest BCUT2D eigenvalue weighted by Gasteiger charge is -2.37. The zero-order valence-corrected chi connectivity index (χ0v) is 29.9. The number of carboxylic acid groups (broad SMARTS) is 1. The molecule has 5 nitrogen and oxygen atoms in total. The maximum atomic E-state index is 11.9. The molecule has 0 aliphatic heterocycles. The fraction of sp³-hybridized carbons (Fsp3) is 0.657. The normalized spacial score (nSPS) is 19.0. The number of hydrogen-bond acceptors (Lipinski definition) is 4. The number of rotatable bonds is 18. The number of hydrogen-bond donors (Lipinski definition) is 1. The number of aliphatic carboxylic acids is 1. The maximum Gasteiger partial charge on any atom is 0.336 e. The van der Waals surface area contributed by atoms with Gasteiger partial charge in [0.2, 0.25) is 0 Å². The summed E-state index contributed by atoms with van der Waals surface area (Å²) in [5.74, 6) is 0.362. The number of carboxylic acids is 1. The zero-order valence-electron chi connectivity index (χ0n) is 27.9. The van der Waals surface area contributed by atoms with Crippen molar-refractivity contribution in [2.45, 2.75) is 142 Å². The Morgan fingerprint density at radius 3 is 2.33 bits per heavy atom. The molecule has 1 aromatic carbocycles. The Kier molecular flexibility index (Phi) is 14.5. The van der Waals surface area contributed by atoms with Crippen molar-refractivity contribution in [2.75, 3.05) is 0 Å². The van der Waals surface area contributed by atoms with E-state index >= 15 is 0 Å².